The van der Waals surface area contributed by atoms with E-state index >= 15 is 0 Å². The molecule has 0 unspecified atom stereocenters. The molecule has 0 radical (unpaired) electrons. The summed E-state index contributed by atoms with van der Waals surface area (Å²) < 4.78 is 5.96. The summed E-state index contributed by atoms with van der Waals surface area (Å²) >= 11 is 0. The number of hydrogen-bond acceptors (Lipinski definition) is 6. The lowest BCUT2D eigenvalue weighted by Gasteiger charge is -2.43. The third kappa shape index (κ3) is 4.55. The third-order valence-corrected chi connectivity index (χ3v) is 6.37. The van der Waals surface area contributed by atoms with Crippen LogP contribution >= 0.6 is 0 Å². The van der Waals surface area contributed by atoms with Crippen LogP contribution in [-0.4, -0.2) is 57.6 Å². The van der Waals surface area contributed by atoms with E-state index in [2.05, 4.69) is 6.07 Å². The second-order valence-electron chi connectivity index (χ2n) is 8.44. The predicted octanol–water partition coefficient (Wildman–Crippen LogP) is 2.51. The molecule has 1 aliphatic heterocycles. The van der Waals surface area contributed by atoms with Crippen LogP contribution in [-0.2, 0) is 4.74 Å². The molecule has 0 bridgehead atoms. The van der Waals surface area contributed by atoms with Crippen molar-refractivity contribution in [3.8, 4) is 17.2 Å². The summed E-state index contributed by atoms with van der Waals surface area (Å²) in [7, 11) is 0. The number of benzene rings is 3. The van der Waals surface area contributed by atoms with Crippen molar-refractivity contribution in [2.24, 2.45) is 0 Å². The highest BCUT2D eigenvalue weighted by molar-refractivity contribution is 5.66. The molecular formula is C27H27NO5. The molecular weight excluding hydrogens is 418 g/mol. The summed E-state index contributed by atoms with van der Waals surface area (Å²) in [5, 5.41) is 50.2. The average molecular weight is 446 g/mol. The standard InChI is InChI=1S/C27H27NO5/c1-16-13-20(18-9-7-17(14-28)8-10-18)11-12-21(16)23(19-5-3-2-4-6-19)27-26(32)25(31)24(30)22(15-29)33-27/h2-13,22-27,29-32H,15H2,1H3/t22-,23-,24-,25+,26+,27-/m1/s1. The SMILES string of the molecule is Cc1cc(-c2ccc(C#N)cc2)ccc1[C@@H](c1ccccc1)[C@H]1O[C@H](CO)[C@@H](O)[C@H](O)[C@@H]1O. The smallest absolute Gasteiger partial charge is 0.111 e. The van der Waals surface area contributed by atoms with E-state index in [1.165, 1.54) is 0 Å². The summed E-state index contributed by atoms with van der Waals surface area (Å²) in [6, 6.07) is 25.0. The molecule has 6 atom stereocenters. The van der Waals surface area contributed by atoms with Crippen LogP contribution in [0.5, 0.6) is 0 Å². The Morgan fingerprint density at radius 2 is 1.55 bits per heavy atom. The molecule has 1 saturated heterocycles. The van der Waals surface area contributed by atoms with Crippen molar-refractivity contribution in [1.29, 1.82) is 5.26 Å². The van der Waals surface area contributed by atoms with Gasteiger partial charge in [0.2, 0.25) is 0 Å². The molecule has 1 fully saturated rings. The largest absolute Gasteiger partial charge is 0.394 e. The first kappa shape index (κ1) is 23.1. The molecule has 0 spiro atoms. The molecule has 0 aromatic heterocycles. The quantitative estimate of drug-likeness (QED) is 0.480. The van der Waals surface area contributed by atoms with E-state index in [0.717, 1.165) is 27.8 Å². The minimum Gasteiger partial charge on any atom is -0.394 e. The van der Waals surface area contributed by atoms with Crippen molar-refractivity contribution in [3.63, 3.8) is 0 Å². The topological polar surface area (TPSA) is 114 Å². The van der Waals surface area contributed by atoms with Gasteiger partial charge >= 0.3 is 0 Å². The number of rotatable bonds is 5. The number of ether oxygens (including phenoxy) is 1. The van der Waals surface area contributed by atoms with Gasteiger partial charge in [0.25, 0.3) is 0 Å². The van der Waals surface area contributed by atoms with Crippen LogP contribution in [0.3, 0.4) is 0 Å². The second kappa shape index (κ2) is 9.84. The monoisotopic (exact) mass is 445 g/mol. The number of aryl methyl sites for hydroxylation is 1. The van der Waals surface area contributed by atoms with Crippen LogP contribution in [0.1, 0.15) is 28.2 Å². The fraction of sp³-hybridized carbons (Fsp3) is 0.296. The van der Waals surface area contributed by atoms with Crippen LogP contribution in [0.15, 0.2) is 72.8 Å². The van der Waals surface area contributed by atoms with Gasteiger partial charge in [-0.15, -0.1) is 0 Å². The van der Waals surface area contributed by atoms with E-state index in [1.54, 1.807) is 12.1 Å². The summed E-state index contributed by atoms with van der Waals surface area (Å²) in [5.74, 6) is -0.438. The third-order valence-electron chi connectivity index (χ3n) is 6.37. The predicted molar refractivity (Wildman–Crippen MR) is 123 cm³/mol. The van der Waals surface area contributed by atoms with E-state index in [-0.39, 0.29) is 0 Å². The van der Waals surface area contributed by atoms with E-state index in [4.69, 9.17) is 10.00 Å². The van der Waals surface area contributed by atoms with E-state index < -0.39 is 43.0 Å². The van der Waals surface area contributed by atoms with E-state index in [1.807, 2.05) is 67.6 Å². The highest BCUT2D eigenvalue weighted by Gasteiger charge is 2.47. The minimum absolute atomic E-state index is 0.438. The summed E-state index contributed by atoms with van der Waals surface area (Å²) in [5.41, 5.74) is 5.31. The lowest BCUT2D eigenvalue weighted by atomic mass is 9.78. The first-order valence-electron chi connectivity index (χ1n) is 10.9. The van der Waals surface area contributed by atoms with Crippen LogP contribution in [0, 0.1) is 18.3 Å². The highest BCUT2D eigenvalue weighted by atomic mass is 16.5. The molecule has 3 aromatic carbocycles. The van der Waals surface area contributed by atoms with Crippen LogP contribution in [0.2, 0.25) is 0 Å². The Labute approximate surface area is 193 Å². The Hall–Kier alpha value is -3.05. The number of hydrogen-bond donors (Lipinski definition) is 4. The maximum atomic E-state index is 10.8. The van der Waals surface area contributed by atoms with Gasteiger partial charge in [0.15, 0.2) is 0 Å². The van der Waals surface area contributed by atoms with Gasteiger partial charge in [-0.1, -0.05) is 60.7 Å². The summed E-state index contributed by atoms with van der Waals surface area (Å²) in [6.45, 7) is 1.50. The molecule has 1 heterocycles. The lowest BCUT2D eigenvalue weighted by molar-refractivity contribution is -0.232. The van der Waals surface area contributed by atoms with Gasteiger partial charge in [-0.2, -0.15) is 5.26 Å². The van der Waals surface area contributed by atoms with Gasteiger partial charge in [0.05, 0.1) is 24.3 Å². The molecule has 0 saturated carbocycles. The number of aliphatic hydroxyl groups is 4. The van der Waals surface area contributed by atoms with Gasteiger partial charge < -0.3 is 25.2 Å². The lowest BCUT2D eigenvalue weighted by Crippen LogP contribution is -2.60. The Kier molecular flexibility index (Phi) is 6.89. The Morgan fingerprint density at radius 3 is 2.15 bits per heavy atom. The van der Waals surface area contributed by atoms with Gasteiger partial charge in [0.1, 0.15) is 24.4 Å². The molecule has 3 aromatic rings. The highest BCUT2D eigenvalue weighted by Crippen LogP contribution is 2.38. The molecule has 170 valence electrons. The number of nitriles is 1. The van der Waals surface area contributed by atoms with Gasteiger partial charge in [-0.05, 0) is 46.9 Å². The summed E-state index contributed by atoms with van der Waals surface area (Å²) in [4.78, 5) is 0. The minimum atomic E-state index is -1.44. The molecule has 4 rings (SSSR count). The fourth-order valence-corrected chi connectivity index (χ4v) is 4.55. The Bertz CT molecular complexity index is 1120. The van der Waals surface area contributed by atoms with Crippen molar-refractivity contribution in [3.05, 3.63) is 95.1 Å². The molecule has 0 aliphatic carbocycles. The van der Waals surface area contributed by atoms with E-state index in [9.17, 15) is 20.4 Å². The van der Waals surface area contributed by atoms with Crippen molar-refractivity contribution < 1.29 is 25.2 Å². The summed E-state index contributed by atoms with van der Waals surface area (Å²) in [6.07, 6.45) is -6.03. The fourth-order valence-electron chi connectivity index (χ4n) is 4.55. The number of aliphatic hydroxyl groups excluding tert-OH is 4. The maximum absolute atomic E-state index is 10.8. The molecule has 4 N–H and O–H groups in total. The van der Waals surface area contributed by atoms with Gasteiger partial charge in [-0.3, -0.25) is 0 Å². The number of nitrogens with zero attached hydrogens (tertiary/aromatic N) is 1. The van der Waals surface area contributed by atoms with Crippen molar-refractivity contribution >= 4 is 0 Å². The Balaban J connectivity index is 1.76. The van der Waals surface area contributed by atoms with Crippen LogP contribution in [0.25, 0.3) is 11.1 Å². The first-order chi connectivity index (χ1) is 15.9. The Morgan fingerprint density at radius 1 is 0.879 bits per heavy atom. The second-order valence-corrected chi connectivity index (χ2v) is 8.44. The van der Waals surface area contributed by atoms with Crippen molar-refractivity contribution in [2.45, 2.75) is 43.4 Å². The molecule has 1 aliphatic rings. The zero-order chi connectivity index (χ0) is 23.5. The maximum Gasteiger partial charge on any atom is 0.111 e. The normalized spacial score (nSPS) is 25.9. The first-order valence-corrected chi connectivity index (χ1v) is 10.9. The molecule has 0 amide bonds. The van der Waals surface area contributed by atoms with E-state index in [0.29, 0.717) is 5.56 Å². The van der Waals surface area contributed by atoms with Gasteiger partial charge in [0, 0.05) is 5.92 Å². The van der Waals surface area contributed by atoms with Crippen LogP contribution in [0.4, 0.5) is 0 Å². The van der Waals surface area contributed by atoms with Crippen molar-refractivity contribution in [1.82, 2.24) is 0 Å². The van der Waals surface area contributed by atoms with Gasteiger partial charge in [-0.25, -0.2) is 0 Å². The zero-order valence-corrected chi connectivity index (χ0v) is 18.2. The van der Waals surface area contributed by atoms with Crippen molar-refractivity contribution in [2.75, 3.05) is 6.61 Å². The zero-order valence-electron chi connectivity index (χ0n) is 18.2. The molecule has 33 heavy (non-hydrogen) atoms. The molecule has 6 nitrogen and oxygen atoms in total. The average Bonchev–Trinajstić information content (AvgIpc) is 2.85. The molecule has 6 heteroatoms. The van der Waals surface area contributed by atoms with Crippen LogP contribution < -0.4 is 0 Å².